The average molecular weight is 447 g/mol. The maximum absolute atomic E-state index is 12.9. The Hall–Kier alpha value is -3.80. The lowest BCUT2D eigenvalue weighted by Crippen LogP contribution is -2.25. The van der Waals surface area contributed by atoms with Crippen LogP contribution >= 0.6 is 0 Å². The molecule has 172 valence electrons. The summed E-state index contributed by atoms with van der Waals surface area (Å²) in [5, 5.41) is 2.94. The first-order valence-corrected chi connectivity index (χ1v) is 11.2. The van der Waals surface area contributed by atoms with Gasteiger partial charge >= 0.3 is 0 Å². The van der Waals surface area contributed by atoms with E-state index >= 15 is 0 Å². The zero-order chi connectivity index (χ0) is 23.3. The van der Waals surface area contributed by atoms with Crippen LogP contribution < -0.4 is 20.5 Å². The summed E-state index contributed by atoms with van der Waals surface area (Å²) in [7, 11) is 0. The van der Waals surface area contributed by atoms with Gasteiger partial charge in [0.15, 0.2) is 0 Å². The molecule has 6 heteroatoms. The van der Waals surface area contributed by atoms with E-state index in [9.17, 15) is 9.59 Å². The minimum absolute atomic E-state index is 0.224. The van der Waals surface area contributed by atoms with Crippen molar-refractivity contribution in [2.24, 2.45) is 5.73 Å². The van der Waals surface area contributed by atoms with E-state index in [0.717, 1.165) is 30.4 Å². The Balaban J connectivity index is 1.64. The third-order valence-electron chi connectivity index (χ3n) is 5.07. The first-order chi connectivity index (χ1) is 16.1. The third-order valence-corrected chi connectivity index (χ3v) is 5.07. The fourth-order valence-electron chi connectivity index (χ4n) is 3.28. The summed E-state index contributed by atoms with van der Waals surface area (Å²) in [6.45, 7) is 1.27. The number of amides is 2. The van der Waals surface area contributed by atoms with Gasteiger partial charge in [0.1, 0.15) is 24.7 Å². The molecule has 3 aromatic carbocycles. The van der Waals surface area contributed by atoms with Crippen molar-refractivity contribution < 1.29 is 19.1 Å². The molecule has 0 aliphatic carbocycles. The van der Waals surface area contributed by atoms with Gasteiger partial charge in [-0.2, -0.15) is 0 Å². The Kier molecular flexibility index (Phi) is 9.33. The number of hydrogen-bond acceptors (Lipinski definition) is 4. The number of carbonyl (C=O) groups is 2. The molecule has 0 saturated heterocycles. The highest BCUT2D eigenvalue weighted by molar-refractivity contribution is 5.97. The fraction of sp³-hybridized carbons (Fsp3) is 0.259. The molecule has 3 aromatic rings. The first kappa shape index (κ1) is 23.9. The van der Waals surface area contributed by atoms with Gasteiger partial charge in [0.25, 0.3) is 5.91 Å². The summed E-state index contributed by atoms with van der Waals surface area (Å²) >= 11 is 0. The summed E-state index contributed by atoms with van der Waals surface area (Å²) in [5.74, 6) is 0.569. The molecule has 0 bridgehead atoms. The predicted molar refractivity (Wildman–Crippen MR) is 128 cm³/mol. The van der Waals surface area contributed by atoms with Crippen LogP contribution in [-0.4, -0.2) is 18.4 Å². The second kappa shape index (κ2) is 12.9. The Morgan fingerprint density at radius 2 is 1.39 bits per heavy atom. The minimum atomic E-state index is -0.299. The number of nitrogens with one attached hydrogen (secondary N) is 1. The van der Waals surface area contributed by atoms with Gasteiger partial charge in [-0.3, -0.25) is 9.59 Å². The van der Waals surface area contributed by atoms with Crippen LogP contribution in [0, 0.1) is 0 Å². The zero-order valence-electron chi connectivity index (χ0n) is 18.7. The normalized spacial score (nSPS) is 10.4. The lowest BCUT2D eigenvalue weighted by molar-refractivity contribution is -0.118. The number of hydrogen-bond donors (Lipinski definition) is 2. The van der Waals surface area contributed by atoms with Crippen LogP contribution in [0.5, 0.6) is 11.5 Å². The van der Waals surface area contributed by atoms with Crippen LogP contribution in [-0.2, 0) is 18.0 Å². The maximum atomic E-state index is 12.9. The molecule has 0 radical (unpaired) electrons. The second-order valence-corrected chi connectivity index (χ2v) is 7.74. The summed E-state index contributed by atoms with van der Waals surface area (Å²) in [6.07, 6.45) is 2.68. The van der Waals surface area contributed by atoms with E-state index in [-0.39, 0.29) is 11.8 Å². The second-order valence-electron chi connectivity index (χ2n) is 7.74. The standard InChI is InChI=1S/C27H30N2O4/c28-26(30)14-8-3-9-17-29-27(31)24-18-23(32-19-21-10-4-1-5-11-21)15-16-25(24)33-20-22-12-6-2-7-13-22/h1-2,4-7,10-13,15-16,18H,3,8-9,14,17,19-20H2,(H2,28,30)(H,29,31). The molecule has 6 nitrogen and oxygen atoms in total. The third kappa shape index (κ3) is 8.33. The molecule has 0 saturated carbocycles. The van der Waals surface area contributed by atoms with E-state index in [1.54, 1.807) is 12.1 Å². The van der Waals surface area contributed by atoms with Crippen LogP contribution in [0.4, 0.5) is 0 Å². The van der Waals surface area contributed by atoms with E-state index in [0.29, 0.717) is 43.2 Å². The van der Waals surface area contributed by atoms with Crippen molar-refractivity contribution in [3.05, 3.63) is 95.6 Å². The summed E-state index contributed by atoms with van der Waals surface area (Å²) in [5.41, 5.74) is 7.65. The Bertz CT molecular complexity index is 1020. The number of nitrogens with two attached hydrogens (primary N) is 1. The zero-order valence-corrected chi connectivity index (χ0v) is 18.7. The Labute approximate surface area is 194 Å². The van der Waals surface area contributed by atoms with Crippen LogP contribution in [0.3, 0.4) is 0 Å². The fourth-order valence-corrected chi connectivity index (χ4v) is 3.28. The SMILES string of the molecule is NC(=O)CCCCCNC(=O)c1cc(OCc2ccccc2)ccc1OCc1ccccc1. The van der Waals surface area contributed by atoms with Gasteiger partial charge in [0.05, 0.1) is 5.56 Å². The molecule has 0 aliphatic rings. The van der Waals surface area contributed by atoms with Gasteiger partial charge in [-0.1, -0.05) is 67.1 Å². The summed E-state index contributed by atoms with van der Waals surface area (Å²) in [6, 6.07) is 24.9. The number of benzene rings is 3. The van der Waals surface area contributed by atoms with Crippen LogP contribution in [0.1, 0.15) is 47.2 Å². The molecule has 0 atom stereocenters. The number of rotatable bonds is 13. The van der Waals surface area contributed by atoms with Gasteiger partial charge in [-0.25, -0.2) is 0 Å². The van der Waals surface area contributed by atoms with Crippen molar-refractivity contribution >= 4 is 11.8 Å². The van der Waals surface area contributed by atoms with Crippen molar-refractivity contribution in [3.63, 3.8) is 0 Å². The number of carbonyl (C=O) groups excluding carboxylic acids is 2. The molecule has 0 aliphatic heterocycles. The first-order valence-electron chi connectivity index (χ1n) is 11.2. The van der Waals surface area contributed by atoms with Gasteiger partial charge in [-0.15, -0.1) is 0 Å². The topological polar surface area (TPSA) is 90.7 Å². The molecule has 0 unspecified atom stereocenters. The van der Waals surface area contributed by atoms with Crippen molar-refractivity contribution in [1.29, 1.82) is 0 Å². The molecule has 33 heavy (non-hydrogen) atoms. The van der Waals surface area contributed by atoms with Crippen LogP contribution in [0.15, 0.2) is 78.9 Å². The molecule has 3 N–H and O–H groups in total. The number of unbranched alkanes of at least 4 members (excludes halogenated alkanes) is 2. The Morgan fingerprint density at radius 1 is 0.758 bits per heavy atom. The number of ether oxygens (including phenoxy) is 2. The predicted octanol–water partition coefficient (Wildman–Crippen LogP) is 4.62. The monoisotopic (exact) mass is 446 g/mol. The molecular formula is C27H30N2O4. The van der Waals surface area contributed by atoms with Gasteiger partial charge in [0, 0.05) is 13.0 Å². The maximum Gasteiger partial charge on any atom is 0.255 e. The minimum Gasteiger partial charge on any atom is -0.489 e. The highest BCUT2D eigenvalue weighted by atomic mass is 16.5. The van der Waals surface area contributed by atoms with Gasteiger partial charge in [0.2, 0.25) is 5.91 Å². The van der Waals surface area contributed by atoms with Gasteiger partial charge in [-0.05, 0) is 42.2 Å². The molecule has 3 rings (SSSR count). The Morgan fingerprint density at radius 3 is 2.03 bits per heavy atom. The summed E-state index contributed by atoms with van der Waals surface area (Å²) < 4.78 is 11.9. The molecular weight excluding hydrogens is 416 g/mol. The quantitative estimate of drug-likeness (QED) is 0.375. The summed E-state index contributed by atoms with van der Waals surface area (Å²) in [4.78, 5) is 23.8. The molecule has 0 fully saturated rings. The molecule has 0 heterocycles. The van der Waals surface area contributed by atoms with E-state index in [4.69, 9.17) is 15.2 Å². The van der Waals surface area contributed by atoms with Crippen molar-refractivity contribution in [3.8, 4) is 11.5 Å². The lowest BCUT2D eigenvalue weighted by atomic mass is 10.1. The van der Waals surface area contributed by atoms with Crippen LogP contribution in [0.25, 0.3) is 0 Å². The van der Waals surface area contributed by atoms with E-state index < -0.39 is 0 Å². The number of primary amides is 1. The molecule has 2 amide bonds. The average Bonchev–Trinajstić information content (AvgIpc) is 2.84. The van der Waals surface area contributed by atoms with E-state index in [1.165, 1.54) is 0 Å². The van der Waals surface area contributed by atoms with Gasteiger partial charge < -0.3 is 20.5 Å². The van der Waals surface area contributed by atoms with Crippen molar-refractivity contribution in [1.82, 2.24) is 5.32 Å². The van der Waals surface area contributed by atoms with Crippen molar-refractivity contribution in [2.45, 2.75) is 38.9 Å². The largest absolute Gasteiger partial charge is 0.489 e. The van der Waals surface area contributed by atoms with E-state index in [2.05, 4.69) is 5.32 Å². The highest BCUT2D eigenvalue weighted by Crippen LogP contribution is 2.26. The highest BCUT2D eigenvalue weighted by Gasteiger charge is 2.15. The van der Waals surface area contributed by atoms with Crippen LogP contribution in [0.2, 0.25) is 0 Å². The molecule has 0 spiro atoms. The van der Waals surface area contributed by atoms with E-state index in [1.807, 2.05) is 66.7 Å². The van der Waals surface area contributed by atoms with Crippen molar-refractivity contribution in [2.75, 3.05) is 6.54 Å². The molecule has 0 aromatic heterocycles. The smallest absolute Gasteiger partial charge is 0.255 e. The lowest BCUT2D eigenvalue weighted by Gasteiger charge is -2.14.